The first-order chi connectivity index (χ1) is 7.31. The van der Waals surface area contributed by atoms with Crippen LogP contribution in [0.15, 0.2) is 18.6 Å². The minimum absolute atomic E-state index is 0.385. The van der Waals surface area contributed by atoms with Crippen LogP contribution < -0.4 is 10.5 Å². The Balaban J connectivity index is 2.32. The van der Waals surface area contributed by atoms with Gasteiger partial charge in [-0.2, -0.15) is 4.98 Å². The zero-order chi connectivity index (χ0) is 10.7. The van der Waals surface area contributed by atoms with Crippen LogP contribution in [0.4, 0.5) is 5.82 Å². The van der Waals surface area contributed by atoms with Gasteiger partial charge in [0.25, 0.3) is 5.88 Å². The summed E-state index contributed by atoms with van der Waals surface area (Å²) < 4.78 is 7.14. The van der Waals surface area contributed by atoms with Gasteiger partial charge in [-0.05, 0) is 0 Å². The van der Waals surface area contributed by atoms with Gasteiger partial charge in [0.1, 0.15) is 12.4 Å². The van der Waals surface area contributed by atoms with Crippen LogP contribution in [0, 0.1) is 12.3 Å². The number of imidazole rings is 1. The lowest BCUT2D eigenvalue weighted by Crippen LogP contribution is -2.03. The fraction of sp³-hybridized carbons (Fsp3) is 0.200. The molecule has 0 aliphatic carbocycles. The molecule has 0 radical (unpaired) electrons. The number of nitrogens with zero attached hydrogens (tertiary/aromatic N) is 3. The maximum absolute atomic E-state index is 5.61. The third-order valence-corrected chi connectivity index (χ3v) is 1.85. The zero-order valence-electron chi connectivity index (χ0n) is 8.05. The Morgan fingerprint density at radius 2 is 2.47 bits per heavy atom. The molecule has 76 valence electrons. The molecule has 0 aromatic carbocycles. The van der Waals surface area contributed by atoms with E-state index in [-0.39, 0.29) is 0 Å². The number of fused-ring (bicyclic) bond motifs is 1. The number of nitrogen functional groups attached to an aromatic ring is 1. The minimum atomic E-state index is 0.385. The molecule has 5 heteroatoms. The Morgan fingerprint density at radius 1 is 1.60 bits per heavy atom. The average Bonchev–Trinajstić information content (AvgIpc) is 2.65. The quantitative estimate of drug-likeness (QED) is 0.588. The Hall–Kier alpha value is -2.22. The van der Waals surface area contributed by atoms with Crippen molar-refractivity contribution in [2.75, 3.05) is 12.3 Å². The van der Waals surface area contributed by atoms with Crippen molar-refractivity contribution >= 4 is 11.5 Å². The number of hydrogen-bond acceptors (Lipinski definition) is 4. The Morgan fingerprint density at radius 3 is 3.27 bits per heavy atom. The highest BCUT2D eigenvalue weighted by Crippen LogP contribution is 2.16. The molecule has 0 aliphatic rings. The fourth-order valence-electron chi connectivity index (χ4n) is 1.22. The van der Waals surface area contributed by atoms with Crippen molar-refractivity contribution < 1.29 is 4.74 Å². The molecule has 0 saturated carbocycles. The molecular formula is C10H10N4O. The van der Waals surface area contributed by atoms with Gasteiger partial charge in [-0.3, -0.25) is 4.40 Å². The molecule has 2 heterocycles. The Kier molecular flexibility index (Phi) is 2.42. The zero-order valence-corrected chi connectivity index (χ0v) is 8.05. The number of nitrogens with two attached hydrogens (primary N) is 1. The molecule has 2 rings (SSSR count). The van der Waals surface area contributed by atoms with E-state index in [1.807, 2.05) is 0 Å². The fourth-order valence-corrected chi connectivity index (χ4v) is 1.22. The molecule has 0 saturated heterocycles. The number of hydrogen-bond donors (Lipinski definition) is 1. The normalized spacial score (nSPS) is 10.1. The summed E-state index contributed by atoms with van der Waals surface area (Å²) in [5.74, 6) is 3.28. The van der Waals surface area contributed by atoms with Crippen LogP contribution in [0.3, 0.4) is 0 Å². The molecule has 0 unspecified atom stereocenters. The molecular weight excluding hydrogens is 192 g/mol. The number of anilines is 1. The SMILES string of the molecule is C#CCCOc1nc(N)cn2ccnc12. The van der Waals surface area contributed by atoms with Crippen LogP contribution in [-0.4, -0.2) is 21.0 Å². The van der Waals surface area contributed by atoms with Crippen LogP contribution in [0.25, 0.3) is 5.65 Å². The second kappa shape index (κ2) is 3.88. The predicted molar refractivity (Wildman–Crippen MR) is 56.3 cm³/mol. The van der Waals surface area contributed by atoms with E-state index in [1.165, 1.54) is 0 Å². The van der Waals surface area contributed by atoms with Gasteiger partial charge < -0.3 is 10.5 Å². The van der Waals surface area contributed by atoms with Gasteiger partial charge in [-0.25, -0.2) is 4.98 Å². The summed E-state index contributed by atoms with van der Waals surface area (Å²) >= 11 is 0. The van der Waals surface area contributed by atoms with Gasteiger partial charge in [0.05, 0.1) is 6.20 Å². The van der Waals surface area contributed by atoms with Crippen molar-refractivity contribution in [1.29, 1.82) is 0 Å². The molecule has 0 amide bonds. The highest BCUT2D eigenvalue weighted by molar-refractivity contribution is 5.52. The molecule has 0 bridgehead atoms. The van der Waals surface area contributed by atoms with Crippen LogP contribution in [0.1, 0.15) is 6.42 Å². The first-order valence-electron chi connectivity index (χ1n) is 4.46. The summed E-state index contributed by atoms with van der Waals surface area (Å²) in [5, 5.41) is 0. The van der Waals surface area contributed by atoms with E-state index in [9.17, 15) is 0 Å². The highest BCUT2D eigenvalue weighted by Gasteiger charge is 2.06. The molecule has 2 aromatic heterocycles. The van der Waals surface area contributed by atoms with Gasteiger partial charge in [0.15, 0.2) is 0 Å². The third-order valence-electron chi connectivity index (χ3n) is 1.85. The van der Waals surface area contributed by atoms with Crippen molar-refractivity contribution in [3.05, 3.63) is 18.6 Å². The lowest BCUT2D eigenvalue weighted by Gasteiger charge is -2.05. The van der Waals surface area contributed by atoms with Gasteiger partial charge in [-0.1, -0.05) is 0 Å². The molecule has 0 spiro atoms. The molecule has 2 aromatic rings. The molecule has 2 N–H and O–H groups in total. The average molecular weight is 202 g/mol. The van der Waals surface area contributed by atoms with Crippen LogP contribution in [-0.2, 0) is 0 Å². The van der Waals surface area contributed by atoms with Crippen molar-refractivity contribution in [1.82, 2.24) is 14.4 Å². The van der Waals surface area contributed by atoms with E-state index in [0.29, 0.717) is 30.4 Å². The molecule has 0 aliphatic heterocycles. The van der Waals surface area contributed by atoms with Gasteiger partial charge >= 0.3 is 0 Å². The van der Waals surface area contributed by atoms with Crippen molar-refractivity contribution in [2.45, 2.75) is 6.42 Å². The highest BCUT2D eigenvalue weighted by atomic mass is 16.5. The lowest BCUT2D eigenvalue weighted by molar-refractivity contribution is 0.317. The second-order valence-corrected chi connectivity index (χ2v) is 2.93. The number of ether oxygens (including phenoxy) is 1. The molecule has 0 atom stereocenters. The van der Waals surface area contributed by atoms with Crippen LogP contribution in [0.2, 0.25) is 0 Å². The van der Waals surface area contributed by atoms with Gasteiger partial charge in [0.2, 0.25) is 5.65 Å². The number of terminal acetylenes is 1. The summed E-state index contributed by atoms with van der Waals surface area (Å²) in [7, 11) is 0. The number of aromatic nitrogens is 3. The van der Waals surface area contributed by atoms with E-state index in [0.717, 1.165) is 0 Å². The van der Waals surface area contributed by atoms with E-state index >= 15 is 0 Å². The largest absolute Gasteiger partial charge is 0.474 e. The van der Waals surface area contributed by atoms with Crippen molar-refractivity contribution in [3.63, 3.8) is 0 Å². The van der Waals surface area contributed by atoms with E-state index in [4.69, 9.17) is 16.9 Å². The van der Waals surface area contributed by atoms with E-state index < -0.39 is 0 Å². The molecule has 0 fully saturated rings. The van der Waals surface area contributed by atoms with Gasteiger partial charge in [0, 0.05) is 18.8 Å². The van der Waals surface area contributed by atoms with E-state index in [1.54, 1.807) is 23.0 Å². The predicted octanol–water partition coefficient (Wildman–Crippen LogP) is 0.714. The van der Waals surface area contributed by atoms with Gasteiger partial charge in [-0.15, -0.1) is 12.3 Å². The van der Waals surface area contributed by atoms with Crippen molar-refractivity contribution in [2.24, 2.45) is 0 Å². The summed E-state index contributed by atoms with van der Waals surface area (Å²) in [5.41, 5.74) is 6.25. The third kappa shape index (κ3) is 1.83. The summed E-state index contributed by atoms with van der Waals surface area (Å²) in [6.45, 7) is 0.412. The standard InChI is InChI=1S/C10H10N4O/c1-2-3-6-15-10-9-12-4-5-14(9)7-8(11)13-10/h1,4-5,7H,3,6,11H2. The Bertz CT molecular complexity index is 512. The lowest BCUT2D eigenvalue weighted by atomic mass is 10.5. The first kappa shape index (κ1) is 9.34. The minimum Gasteiger partial charge on any atom is -0.474 e. The van der Waals surface area contributed by atoms with Crippen LogP contribution >= 0.6 is 0 Å². The topological polar surface area (TPSA) is 65.4 Å². The first-order valence-corrected chi connectivity index (χ1v) is 4.46. The number of rotatable bonds is 3. The summed E-state index contributed by atoms with van der Waals surface area (Å²) in [6.07, 6.45) is 10.8. The smallest absolute Gasteiger partial charge is 0.260 e. The maximum atomic E-state index is 5.61. The van der Waals surface area contributed by atoms with Crippen molar-refractivity contribution in [3.8, 4) is 18.2 Å². The van der Waals surface area contributed by atoms with Crippen LogP contribution in [0.5, 0.6) is 5.88 Å². The molecule has 5 nitrogen and oxygen atoms in total. The maximum Gasteiger partial charge on any atom is 0.260 e. The summed E-state index contributed by atoms with van der Waals surface area (Å²) in [4.78, 5) is 8.16. The molecule has 15 heavy (non-hydrogen) atoms. The second-order valence-electron chi connectivity index (χ2n) is 2.93. The van der Waals surface area contributed by atoms with E-state index in [2.05, 4.69) is 15.9 Å². The monoisotopic (exact) mass is 202 g/mol. The summed E-state index contributed by atoms with van der Waals surface area (Å²) in [6, 6.07) is 0. The Labute approximate surface area is 86.9 Å².